The van der Waals surface area contributed by atoms with E-state index in [1.165, 1.54) is 18.0 Å². The number of carbonyl (C=O) groups is 1. The SMILES string of the molecule is CCS(=O)(=O)c1cccc(Sc2ccc(CNC(=O)c3cnc4[nH]ncc4c3)nc2)c1. The minimum absolute atomic E-state index is 0.0646. The van der Waals surface area contributed by atoms with Gasteiger partial charge in [-0.05, 0) is 36.4 Å². The third kappa shape index (κ3) is 4.92. The summed E-state index contributed by atoms with van der Waals surface area (Å²) in [7, 11) is -3.25. The van der Waals surface area contributed by atoms with E-state index >= 15 is 0 Å². The molecular formula is C21H19N5O3S2. The summed E-state index contributed by atoms with van der Waals surface area (Å²) in [6, 6.07) is 12.3. The van der Waals surface area contributed by atoms with Gasteiger partial charge < -0.3 is 5.32 Å². The molecule has 1 amide bonds. The van der Waals surface area contributed by atoms with Gasteiger partial charge in [-0.1, -0.05) is 24.8 Å². The third-order valence-corrected chi connectivity index (χ3v) is 7.26. The van der Waals surface area contributed by atoms with E-state index in [4.69, 9.17) is 0 Å². The molecule has 3 heterocycles. The maximum atomic E-state index is 12.4. The molecule has 0 aliphatic heterocycles. The molecule has 31 heavy (non-hydrogen) atoms. The number of hydrogen-bond acceptors (Lipinski definition) is 7. The second-order valence-corrected chi connectivity index (χ2v) is 10.1. The van der Waals surface area contributed by atoms with Crippen LogP contribution in [-0.4, -0.2) is 40.2 Å². The van der Waals surface area contributed by atoms with Crippen LogP contribution in [0.3, 0.4) is 0 Å². The highest BCUT2D eigenvalue weighted by molar-refractivity contribution is 7.99. The Bertz CT molecular complexity index is 1330. The first-order valence-corrected chi connectivity index (χ1v) is 11.9. The molecule has 8 nitrogen and oxygen atoms in total. The predicted molar refractivity (Wildman–Crippen MR) is 118 cm³/mol. The van der Waals surface area contributed by atoms with E-state index in [2.05, 4.69) is 25.5 Å². The van der Waals surface area contributed by atoms with E-state index in [1.54, 1.807) is 43.6 Å². The zero-order valence-electron chi connectivity index (χ0n) is 16.6. The zero-order chi connectivity index (χ0) is 21.8. The number of nitrogens with one attached hydrogen (secondary N) is 2. The monoisotopic (exact) mass is 453 g/mol. The first kappa shape index (κ1) is 21.0. The maximum absolute atomic E-state index is 12.4. The van der Waals surface area contributed by atoms with Crippen molar-refractivity contribution in [1.29, 1.82) is 0 Å². The average Bonchev–Trinajstić information content (AvgIpc) is 3.26. The molecule has 0 saturated carbocycles. The Hall–Kier alpha value is -3.24. The summed E-state index contributed by atoms with van der Waals surface area (Å²) in [5, 5.41) is 10.2. The fraction of sp³-hybridized carbons (Fsp3) is 0.143. The van der Waals surface area contributed by atoms with Crippen molar-refractivity contribution in [1.82, 2.24) is 25.5 Å². The van der Waals surface area contributed by atoms with Crippen molar-refractivity contribution in [2.45, 2.75) is 28.2 Å². The number of benzene rings is 1. The molecule has 4 rings (SSSR count). The van der Waals surface area contributed by atoms with E-state index in [0.717, 1.165) is 15.2 Å². The number of carbonyl (C=O) groups excluding carboxylic acids is 1. The number of aromatic nitrogens is 4. The van der Waals surface area contributed by atoms with Crippen LogP contribution in [0.1, 0.15) is 23.0 Å². The highest BCUT2D eigenvalue weighted by Gasteiger charge is 2.12. The molecule has 158 valence electrons. The van der Waals surface area contributed by atoms with Crippen LogP contribution >= 0.6 is 11.8 Å². The van der Waals surface area contributed by atoms with Gasteiger partial charge in [0.1, 0.15) is 0 Å². The fourth-order valence-corrected chi connectivity index (χ4v) is 4.69. The number of nitrogens with zero attached hydrogens (tertiary/aromatic N) is 3. The average molecular weight is 454 g/mol. The largest absolute Gasteiger partial charge is 0.346 e. The molecule has 0 spiro atoms. The topological polar surface area (TPSA) is 118 Å². The van der Waals surface area contributed by atoms with Gasteiger partial charge in [0.15, 0.2) is 15.5 Å². The number of amides is 1. The minimum atomic E-state index is -3.25. The molecule has 4 aromatic rings. The van der Waals surface area contributed by atoms with Crippen LogP contribution < -0.4 is 5.32 Å². The molecule has 1 aromatic carbocycles. The van der Waals surface area contributed by atoms with E-state index < -0.39 is 9.84 Å². The lowest BCUT2D eigenvalue weighted by Gasteiger charge is -2.07. The Balaban J connectivity index is 1.38. The van der Waals surface area contributed by atoms with Crippen LogP contribution in [-0.2, 0) is 16.4 Å². The van der Waals surface area contributed by atoms with Crippen molar-refractivity contribution in [3.05, 3.63) is 72.3 Å². The summed E-state index contributed by atoms with van der Waals surface area (Å²) < 4.78 is 24.1. The van der Waals surface area contributed by atoms with Gasteiger partial charge in [0.2, 0.25) is 0 Å². The van der Waals surface area contributed by atoms with Gasteiger partial charge in [0, 0.05) is 27.6 Å². The first-order chi connectivity index (χ1) is 14.9. The first-order valence-electron chi connectivity index (χ1n) is 9.47. The molecule has 0 fully saturated rings. The molecule has 0 aliphatic rings. The second kappa shape index (κ2) is 8.86. The van der Waals surface area contributed by atoms with Crippen molar-refractivity contribution in [3.63, 3.8) is 0 Å². The Morgan fingerprint density at radius 1 is 1.06 bits per heavy atom. The van der Waals surface area contributed by atoms with Crippen LogP contribution in [0.25, 0.3) is 11.0 Å². The normalized spacial score (nSPS) is 11.5. The van der Waals surface area contributed by atoms with E-state index in [-0.39, 0.29) is 18.2 Å². The van der Waals surface area contributed by atoms with Gasteiger partial charge in [-0.3, -0.25) is 14.9 Å². The van der Waals surface area contributed by atoms with Gasteiger partial charge >= 0.3 is 0 Å². The van der Waals surface area contributed by atoms with Crippen molar-refractivity contribution in [3.8, 4) is 0 Å². The molecule has 2 N–H and O–H groups in total. The molecule has 0 aliphatic carbocycles. The van der Waals surface area contributed by atoms with E-state index in [1.807, 2.05) is 18.2 Å². The van der Waals surface area contributed by atoms with Crippen LogP contribution in [0.15, 0.2) is 75.7 Å². The molecule has 0 saturated heterocycles. The number of hydrogen-bond donors (Lipinski definition) is 2. The van der Waals surface area contributed by atoms with Gasteiger partial charge in [0.05, 0.1) is 34.6 Å². The number of sulfone groups is 1. The minimum Gasteiger partial charge on any atom is -0.346 e. The Kier molecular flexibility index (Phi) is 6.01. The summed E-state index contributed by atoms with van der Waals surface area (Å²) in [5.74, 6) is -0.181. The van der Waals surface area contributed by atoms with Crippen LogP contribution in [0, 0.1) is 0 Å². The quantitative estimate of drug-likeness (QED) is 0.441. The lowest BCUT2D eigenvalue weighted by Crippen LogP contribution is -2.23. The van der Waals surface area contributed by atoms with Crippen LogP contribution in [0.2, 0.25) is 0 Å². The molecule has 0 radical (unpaired) electrons. The van der Waals surface area contributed by atoms with Crippen LogP contribution in [0.4, 0.5) is 0 Å². The molecule has 10 heteroatoms. The highest BCUT2D eigenvalue weighted by atomic mass is 32.2. The van der Waals surface area contributed by atoms with Crippen molar-refractivity contribution >= 4 is 38.5 Å². The number of aromatic amines is 1. The smallest absolute Gasteiger partial charge is 0.253 e. The number of rotatable bonds is 7. The molecule has 3 aromatic heterocycles. The fourth-order valence-electron chi connectivity index (χ4n) is 2.84. The Labute approximate surface area is 183 Å². The Morgan fingerprint density at radius 2 is 1.94 bits per heavy atom. The summed E-state index contributed by atoms with van der Waals surface area (Å²) in [6.07, 6.45) is 4.81. The van der Waals surface area contributed by atoms with Gasteiger partial charge in [-0.2, -0.15) is 5.10 Å². The molecular weight excluding hydrogens is 434 g/mol. The summed E-state index contributed by atoms with van der Waals surface area (Å²) in [6.45, 7) is 1.90. The van der Waals surface area contributed by atoms with Gasteiger partial charge in [-0.15, -0.1) is 0 Å². The summed E-state index contributed by atoms with van der Waals surface area (Å²) >= 11 is 1.43. The number of fused-ring (bicyclic) bond motifs is 1. The number of H-pyrrole nitrogens is 1. The van der Waals surface area contributed by atoms with Crippen molar-refractivity contribution in [2.24, 2.45) is 0 Å². The summed E-state index contributed by atoms with van der Waals surface area (Å²) in [5.41, 5.74) is 1.78. The third-order valence-electron chi connectivity index (χ3n) is 4.56. The second-order valence-electron chi connectivity index (χ2n) is 6.68. The zero-order valence-corrected chi connectivity index (χ0v) is 18.2. The van der Waals surface area contributed by atoms with E-state index in [9.17, 15) is 13.2 Å². The maximum Gasteiger partial charge on any atom is 0.253 e. The predicted octanol–water partition coefficient (Wildman–Crippen LogP) is 3.23. The standard InChI is InChI=1S/C21H19N5O3S2/c1-2-31(28,29)19-5-3-4-17(9-19)30-18-7-6-16(22-13-18)12-24-21(27)15-8-14-11-25-26-20(14)23-10-15/h3-11,13H,2,12H2,1H3,(H,24,27)(H,23,25,26). The van der Waals surface area contributed by atoms with Crippen LogP contribution in [0.5, 0.6) is 0 Å². The number of pyridine rings is 2. The molecule has 0 unspecified atom stereocenters. The van der Waals surface area contributed by atoms with Gasteiger partial charge in [-0.25, -0.2) is 13.4 Å². The molecule has 0 atom stereocenters. The van der Waals surface area contributed by atoms with Gasteiger partial charge in [0.25, 0.3) is 5.91 Å². The highest BCUT2D eigenvalue weighted by Crippen LogP contribution is 2.29. The van der Waals surface area contributed by atoms with Crippen molar-refractivity contribution < 1.29 is 13.2 Å². The van der Waals surface area contributed by atoms with Crippen molar-refractivity contribution in [2.75, 3.05) is 5.75 Å². The molecule has 0 bridgehead atoms. The Morgan fingerprint density at radius 3 is 2.71 bits per heavy atom. The van der Waals surface area contributed by atoms with E-state index in [0.29, 0.717) is 21.8 Å². The summed E-state index contributed by atoms with van der Waals surface area (Å²) in [4.78, 5) is 22.9. The lowest BCUT2D eigenvalue weighted by atomic mass is 10.2. The lowest BCUT2D eigenvalue weighted by molar-refractivity contribution is 0.0950.